The molecule has 1 heterocycles. The summed E-state index contributed by atoms with van der Waals surface area (Å²) in [6, 6.07) is 7.15. The molecule has 2 N–H and O–H groups in total. The number of para-hydroxylation sites is 1. The number of guanidine groups is 1. The number of aliphatic imine (C=N–C) groups is 1. The first kappa shape index (κ1) is 14.1. The highest BCUT2D eigenvalue weighted by atomic mass is 19.3. The molecule has 0 saturated heterocycles. The topological polar surface area (TPSA) is 50.9 Å². The van der Waals surface area contributed by atoms with E-state index >= 15 is 0 Å². The summed E-state index contributed by atoms with van der Waals surface area (Å²) in [4.78, 5) is 6.40. The molecule has 6 heteroatoms. The fourth-order valence-electron chi connectivity index (χ4n) is 3.34. The molecule has 1 aliphatic carbocycles. The third-order valence-corrected chi connectivity index (χ3v) is 4.24. The lowest BCUT2D eigenvalue weighted by molar-refractivity contribution is -0.0509. The van der Waals surface area contributed by atoms with Gasteiger partial charge in [-0.2, -0.15) is 8.78 Å². The lowest BCUT2D eigenvalue weighted by Gasteiger charge is -2.33. The van der Waals surface area contributed by atoms with Crippen LogP contribution < -0.4 is 10.5 Å². The van der Waals surface area contributed by atoms with Crippen LogP contribution >= 0.6 is 0 Å². The molecule has 0 radical (unpaired) electrons. The van der Waals surface area contributed by atoms with Crippen molar-refractivity contribution in [1.82, 2.24) is 4.90 Å². The molecule has 3 rings (SSSR count). The van der Waals surface area contributed by atoms with E-state index in [0.717, 1.165) is 18.4 Å². The summed E-state index contributed by atoms with van der Waals surface area (Å²) < 4.78 is 29.8. The highest BCUT2D eigenvalue weighted by Gasteiger charge is 2.36. The van der Waals surface area contributed by atoms with Crippen LogP contribution in [0.25, 0.3) is 0 Å². The maximum Gasteiger partial charge on any atom is 0.387 e. The summed E-state index contributed by atoms with van der Waals surface area (Å²) >= 11 is 0. The molecule has 4 nitrogen and oxygen atoms in total. The van der Waals surface area contributed by atoms with Gasteiger partial charge in [-0.25, -0.2) is 0 Å². The monoisotopic (exact) mass is 295 g/mol. The molecule has 0 spiro atoms. The number of nitrogens with zero attached hydrogens (tertiary/aromatic N) is 2. The number of halogens is 2. The van der Waals surface area contributed by atoms with Crippen LogP contribution in [-0.4, -0.2) is 30.1 Å². The molecule has 1 atom stereocenters. The molecule has 1 unspecified atom stereocenters. The zero-order chi connectivity index (χ0) is 14.8. The molecule has 114 valence electrons. The molecule has 1 aliphatic heterocycles. The van der Waals surface area contributed by atoms with E-state index in [2.05, 4.69) is 14.6 Å². The van der Waals surface area contributed by atoms with Crippen molar-refractivity contribution in [1.29, 1.82) is 0 Å². The Morgan fingerprint density at radius 2 is 1.95 bits per heavy atom. The SMILES string of the molecule is NC1=NCC(c2ccccc2OC(F)F)N1C1CCCC1. The molecule has 0 aromatic heterocycles. The van der Waals surface area contributed by atoms with Gasteiger partial charge in [0.2, 0.25) is 0 Å². The molecule has 1 aromatic rings. The number of nitrogens with two attached hydrogens (primary N) is 1. The Bertz CT molecular complexity index is 529. The van der Waals surface area contributed by atoms with Gasteiger partial charge >= 0.3 is 6.61 Å². The van der Waals surface area contributed by atoms with Gasteiger partial charge in [-0.05, 0) is 18.9 Å². The lowest BCUT2D eigenvalue weighted by Crippen LogP contribution is -2.42. The first-order chi connectivity index (χ1) is 10.2. The Balaban J connectivity index is 1.88. The predicted molar refractivity (Wildman–Crippen MR) is 76.4 cm³/mol. The number of hydrogen-bond acceptors (Lipinski definition) is 4. The molecule has 1 saturated carbocycles. The quantitative estimate of drug-likeness (QED) is 0.929. The zero-order valence-electron chi connectivity index (χ0n) is 11.7. The zero-order valence-corrected chi connectivity index (χ0v) is 11.7. The second-order valence-corrected chi connectivity index (χ2v) is 5.48. The molecule has 0 bridgehead atoms. The van der Waals surface area contributed by atoms with Crippen molar-refractivity contribution in [2.45, 2.75) is 44.4 Å². The van der Waals surface area contributed by atoms with Gasteiger partial charge in [-0.15, -0.1) is 0 Å². The summed E-state index contributed by atoms with van der Waals surface area (Å²) in [6.07, 6.45) is 4.50. The van der Waals surface area contributed by atoms with E-state index < -0.39 is 6.61 Å². The van der Waals surface area contributed by atoms with Gasteiger partial charge in [0.15, 0.2) is 5.96 Å². The third kappa shape index (κ3) is 2.80. The number of benzene rings is 1. The Labute approximate surface area is 122 Å². The van der Waals surface area contributed by atoms with Crippen molar-refractivity contribution >= 4 is 5.96 Å². The number of ether oxygens (including phenoxy) is 1. The molecular formula is C15H19F2N3O. The Morgan fingerprint density at radius 1 is 1.24 bits per heavy atom. The standard InChI is InChI=1S/C15H19F2N3O/c16-14(17)21-13-8-4-3-7-11(13)12-9-19-15(18)20(12)10-5-1-2-6-10/h3-4,7-8,10,12,14H,1-2,5-6,9H2,(H2,18,19). The fraction of sp³-hybridized carbons (Fsp3) is 0.533. The van der Waals surface area contributed by atoms with Gasteiger partial charge in [-0.3, -0.25) is 4.99 Å². The molecule has 1 aromatic carbocycles. The van der Waals surface area contributed by atoms with Crippen LogP contribution in [0.4, 0.5) is 8.78 Å². The summed E-state index contributed by atoms with van der Waals surface area (Å²) in [6.45, 7) is -2.34. The van der Waals surface area contributed by atoms with Crippen molar-refractivity contribution in [2.75, 3.05) is 6.54 Å². The van der Waals surface area contributed by atoms with Gasteiger partial charge < -0.3 is 15.4 Å². The van der Waals surface area contributed by atoms with E-state index in [0.29, 0.717) is 18.5 Å². The molecular weight excluding hydrogens is 276 g/mol. The Hall–Kier alpha value is -1.85. The van der Waals surface area contributed by atoms with Gasteiger partial charge in [0, 0.05) is 11.6 Å². The van der Waals surface area contributed by atoms with Gasteiger partial charge in [0.1, 0.15) is 5.75 Å². The highest BCUT2D eigenvalue weighted by molar-refractivity contribution is 5.81. The minimum atomic E-state index is -2.83. The molecule has 21 heavy (non-hydrogen) atoms. The van der Waals surface area contributed by atoms with E-state index in [1.165, 1.54) is 12.8 Å². The van der Waals surface area contributed by atoms with Crippen molar-refractivity contribution in [3.05, 3.63) is 29.8 Å². The van der Waals surface area contributed by atoms with Gasteiger partial charge in [0.25, 0.3) is 0 Å². The largest absolute Gasteiger partial charge is 0.434 e. The van der Waals surface area contributed by atoms with E-state index in [1.54, 1.807) is 12.1 Å². The average Bonchev–Trinajstić information content (AvgIpc) is 3.07. The Morgan fingerprint density at radius 3 is 2.67 bits per heavy atom. The summed E-state index contributed by atoms with van der Waals surface area (Å²) in [5, 5.41) is 0. The number of hydrogen-bond donors (Lipinski definition) is 1. The Kier molecular flexibility index (Phi) is 3.94. The first-order valence-electron chi connectivity index (χ1n) is 7.29. The first-order valence-corrected chi connectivity index (χ1v) is 7.29. The number of alkyl halides is 2. The highest BCUT2D eigenvalue weighted by Crippen LogP contribution is 2.37. The van der Waals surface area contributed by atoms with Crippen molar-refractivity contribution in [2.24, 2.45) is 10.7 Å². The molecule has 2 aliphatic rings. The minimum Gasteiger partial charge on any atom is -0.434 e. The third-order valence-electron chi connectivity index (χ3n) is 4.24. The second-order valence-electron chi connectivity index (χ2n) is 5.48. The molecule has 1 fully saturated rings. The van der Waals surface area contributed by atoms with E-state index in [1.807, 2.05) is 12.1 Å². The van der Waals surface area contributed by atoms with Crippen LogP contribution in [0.15, 0.2) is 29.3 Å². The van der Waals surface area contributed by atoms with E-state index in [4.69, 9.17) is 5.73 Å². The lowest BCUT2D eigenvalue weighted by atomic mass is 10.0. The van der Waals surface area contributed by atoms with Gasteiger partial charge in [-0.1, -0.05) is 31.0 Å². The molecule has 0 amide bonds. The minimum absolute atomic E-state index is 0.108. The van der Waals surface area contributed by atoms with Crippen molar-refractivity contribution < 1.29 is 13.5 Å². The van der Waals surface area contributed by atoms with Crippen LogP contribution in [0.3, 0.4) is 0 Å². The predicted octanol–water partition coefficient (Wildman–Crippen LogP) is 2.90. The van der Waals surface area contributed by atoms with Gasteiger partial charge in [0.05, 0.1) is 12.6 Å². The summed E-state index contributed by atoms with van der Waals surface area (Å²) in [5.41, 5.74) is 6.76. The fourth-order valence-corrected chi connectivity index (χ4v) is 3.34. The maximum atomic E-state index is 12.6. The van der Waals surface area contributed by atoms with Crippen molar-refractivity contribution in [3.63, 3.8) is 0 Å². The number of rotatable bonds is 4. The maximum absolute atomic E-state index is 12.6. The summed E-state index contributed by atoms with van der Waals surface area (Å²) in [5.74, 6) is 0.726. The van der Waals surface area contributed by atoms with Crippen LogP contribution in [0.1, 0.15) is 37.3 Å². The average molecular weight is 295 g/mol. The van der Waals surface area contributed by atoms with Crippen LogP contribution in [0, 0.1) is 0 Å². The normalized spacial score (nSPS) is 22.9. The van der Waals surface area contributed by atoms with Crippen molar-refractivity contribution in [3.8, 4) is 5.75 Å². The van der Waals surface area contributed by atoms with Crippen LogP contribution in [0.2, 0.25) is 0 Å². The second kappa shape index (κ2) is 5.87. The van der Waals surface area contributed by atoms with E-state index in [-0.39, 0.29) is 11.8 Å². The van der Waals surface area contributed by atoms with Crippen LogP contribution in [-0.2, 0) is 0 Å². The summed E-state index contributed by atoms with van der Waals surface area (Å²) in [7, 11) is 0. The van der Waals surface area contributed by atoms with E-state index in [9.17, 15) is 8.78 Å². The smallest absolute Gasteiger partial charge is 0.387 e. The van der Waals surface area contributed by atoms with Crippen LogP contribution in [0.5, 0.6) is 5.75 Å².